The third-order valence-corrected chi connectivity index (χ3v) is 3.43. The monoisotopic (exact) mass is 286 g/mol. The van der Waals surface area contributed by atoms with Crippen molar-refractivity contribution in [3.05, 3.63) is 0 Å². The highest BCUT2D eigenvalue weighted by Crippen LogP contribution is 2.08. The van der Waals surface area contributed by atoms with Crippen molar-refractivity contribution in [3.63, 3.8) is 0 Å². The number of nitrogens with zero attached hydrogens (tertiary/aromatic N) is 1. The van der Waals surface area contributed by atoms with Crippen LogP contribution in [0, 0.1) is 0 Å². The van der Waals surface area contributed by atoms with Crippen LogP contribution in [0.3, 0.4) is 0 Å². The highest BCUT2D eigenvalue weighted by molar-refractivity contribution is 5.81. The molecule has 0 fully saturated rings. The molecule has 0 aromatic heterocycles. The van der Waals surface area contributed by atoms with Gasteiger partial charge in [0.1, 0.15) is 0 Å². The predicted molar refractivity (Wildman–Crippen MR) is 80.7 cm³/mol. The summed E-state index contributed by atoms with van der Waals surface area (Å²) in [5, 5.41) is 11.6. The molecule has 1 amide bonds. The van der Waals surface area contributed by atoms with Crippen molar-refractivity contribution in [1.82, 2.24) is 10.2 Å². The number of hydrogen-bond acceptors (Lipinski definition) is 3. The lowest BCUT2D eigenvalue weighted by atomic mass is 10.1. The number of hydrogen-bond donors (Lipinski definition) is 2. The van der Waals surface area contributed by atoms with Crippen molar-refractivity contribution >= 4 is 11.9 Å². The van der Waals surface area contributed by atoms with E-state index in [1.807, 2.05) is 20.8 Å². The topological polar surface area (TPSA) is 69.6 Å². The minimum atomic E-state index is -0.787. The fourth-order valence-electron chi connectivity index (χ4n) is 2.20. The van der Waals surface area contributed by atoms with Crippen LogP contribution in [0.4, 0.5) is 0 Å². The molecule has 0 bridgehead atoms. The molecule has 0 aromatic carbocycles. The Kier molecular flexibility index (Phi) is 10.1. The minimum absolute atomic E-state index is 0.0325. The van der Waals surface area contributed by atoms with E-state index < -0.39 is 5.97 Å². The number of carboxylic acid groups (broad SMARTS) is 1. The first kappa shape index (κ1) is 18.9. The van der Waals surface area contributed by atoms with Crippen LogP contribution in [0.2, 0.25) is 0 Å². The average Bonchev–Trinajstić information content (AvgIpc) is 2.38. The van der Waals surface area contributed by atoms with E-state index in [0.717, 1.165) is 25.8 Å². The van der Waals surface area contributed by atoms with Crippen LogP contribution < -0.4 is 5.32 Å². The van der Waals surface area contributed by atoms with Crippen LogP contribution in [0.5, 0.6) is 0 Å². The maximum Gasteiger partial charge on any atom is 0.303 e. The molecule has 0 radical (unpaired) electrons. The normalized spacial score (nSPS) is 12.7. The lowest BCUT2D eigenvalue weighted by Crippen LogP contribution is -2.48. The third-order valence-electron chi connectivity index (χ3n) is 3.43. The summed E-state index contributed by atoms with van der Waals surface area (Å²) in [6.07, 6.45) is 3.99. The van der Waals surface area contributed by atoms with Crippen LogP contribution in [0.25, 0.3) is 0 Å². The predicted octanol–water partition coefficient (Wildman–Crippen LogP) is 2.26. The molecule has 0 saturated heterocycles. The number of rotatable bonds is 11. The smallest absolute Gasteiger partial charge is 0.303 e. The molecular formula is C15H30N2O3. The van der Waals surface area contributed by atoms with Gasteiger partial charge in [0.25, 0.3) is 0 Å². The number of nitrogens with one attached hydrogen (secondary N) is 1. The van der Waals surface area contributed by atoms with E-state index in [-0.39, 0.29) is 24.4 Å². The van der Waals surface area contributed by atoms with E-state index in [1.54, 1.807) is 0 Å². The van der Waals surface area contributed by atoms with Gasteiger partial charge in [-0.1, -0.05) is 19.8 Å². The van der Waals surface area contributed by atoms with Crippen molar-refractivity contribution in [2.45, 2.75) is 71.9 Å². The number of amides is 1. The van der Waals surface area contributed by atoms with E-state index in [9.17, 15) is 9.59 Å². The van der Waals surface area contributed by atoms with E-state index in [2.05, 4.69) is 17.1 Å². The van der Waals surface area contributed by atoms with Crippen molar-refractivity contribution in [3.8, 4) is 0 Å². The molecule has 0 heterocycles. The molecule has 0 aliphatic rings. The van der Waals surface area contributed by atoms with Gasteiger partial charge >= 0.3 is 5.97 Å². The van der Waals surface area contributed by atoms with Crippen LogP contribution in [-0.4, -0.2) is 47.1 Å². The average molecular weight is 286 g/mol. The van der Waals surface area contributed by atoms with Gasteiger partial charge < -0.3 is 10.4 Å². The molecule has 5 heteroatoms. The Hall–Kier alpha value is -1.10. The zero-order valence-electron chi connectivity index (χ0n) is 13.3. The van der Waals surface area contributed by atoms with Crippen LogP contribution >= 0.6 is 0 Å². The quantitative estimate of drug-likeness (QED) is 0.572. The van der Waals surface area contributed by atoms with Gasteiger partial charge in [0, 0.05) is 19.0 Å². The van der Waals surface area contributed by atoms with Gasteiger partial charge in [-0.15, -0.1) is 0 Å². The van der Waals surface area contributed by atoms with Gasteiger partial charge in [-0.2, -0.15) is 0 Å². The molecule has 1 unspecified atom stereocenters. The Balaban J connectivity index is 4.22. The molecule has 2 N–H and O–H groups in total. The molecule has 0 aliphatic carbocycles. The van der Waals surface area contributed by atoms with Crippen molar-refractivity contribution in [2.24, 2.45) is 0 Å². The lowest BCUT2D eigenvalue weighted by molar-refractivity contribution is -0.137. The molecule has 0 saturated carbocycles. The molecular weight excluding hydrogens is 256 g/mol. The maximum absolute atomic E-state index is 12.1. The van der Waals surface area contributed by atoms with E-state index in [1.165, 1.54) is 0 Å². The van der Waals surface area contributed by atoms with Crippen LogP contribution in [-0.2, 0) is 9.59 Å². The zero-order chi connectivity index (χ0) is 15.5. The van der Waals surface area contributed by atoms with Crippen LogP contribution in [0.15, 0.2) is 0 Å². The Morgan fingerprint density at radius 2 is 1.80 bits per heavy atom. The van der Waals surface area contributed by atoms with Gasteiger partial charge in [-0.05, 0) is 40.2 Å². The SMILES string of the molecule is CCCCCNC(=O)C(C)N(CCCC(=O)O)C(C)C. The summed E-state index contributed by atoms with van der Waals surface area (Å²) in [5.74, 6) is -0.754. The highest BCUT2D eigenvalue weighted by Gasteiger charge is 2.23. The second-order valence-electron chi connectivity index (χ2n) is 5.50. The minimum Gasteiger partial charge on any atom is -0.481 e. The second-order valence-corrected chi connectivity index (χ2v) is 5.50. The Morgan fingerprint density at radius 1 is 1.15 bits per heavy atom. The van der Waals surface area contributed by atoms with Gasteiger partial charge in [-0.3, -0.25) is 14.5 Å². The summed E-state index contributed by atoms with van der Waals surface area (Å²) in [6.45, 7) is 9.43. The number of carbonyl (C=O) groups is 2. The van der Waals surface area contributed by atoms with Gasteiger partial charge in [-0.25, -0.2) is 0 Å². The molecule has 0 rings (SSSR count). The number of carbonyl (C=O) groups excluding carboxylic acids is 1. The Labute approximate surface area is 122 Å². The Bertz CT molecular complexity index is 293. The lowest BCUT2D eigenvalue weighted by Gasteiger charge is -2.31. The summed E-state index contributed by atoms with van der Waals surface area (Å²) in [6, 6.07) is 0.00519. The summed E-state index contributed by atoms with van der Waals surface area (Å²) < 4.78 is 0. The fourth-order valence-corrected chi connectivity index (χ4v) is 2.20. The molecule has 0 aromatic rings. The molecule has 5 nitrogen and oxygen atoms in total. The first-order chi connectivity index (χ1) is 9.40. The van der Waals surface area contributed by atoms with E-state index in [0.29, 0.717) is 13.0 Å². The fraction of sp³-hybridized carbons (Fsp3) is 0.867. The van der Waals surface area contributed by atoms with Crippen molar-refractivity contribution in [1.29, 1.82) is 0 Å². The summed E-state index contributed by atoms with van der Waals surface area (Å²) in [4.78, 5) is 24.7. The van der Waals surface area contributed by atoms with Crippen molar-refractivity contribution in [2.75, 3.05) is 13.1 Å². The molecule has 0 aliphatic heterocycles. The highest BCUT2D eigenvalue weighted by atomic mass is 16.4. The standard InChI is InChI=1S/C15H30N2O3/c1-5-6-7-10-16-15(20)13(4)17(12(2)3)11-8-9-14(18)19/h12-13H,5-11H2,1-4H3,(H,16,20)(H,18,19). The zero-order valence-corrected chi connectivity index (χ0v) is 13.3. The largest absolute Gasteiger partial charge is 0.481 e. The molecule has 1 atom stereocenters. The maximum atomic E-state index is 12.1. The van der Waals surface area contributed by atoms with E-state index in [4.69, 9.17) is 5.11 Å². The molecule has 118 valence electrons. The first-order valence-electron chi connectivity index (χ1n) is 7.65. The van der Waals surface area contributed by atoms with Crippen molar-refractivity contribution < 1.29 is 14.7 Å². The molecule has 0 spiro atoms. The van der Waals surface area contributed by atoms with Gasteiger partial charge in [0.15, 0.2) is 0 Å². The van der Waals surface area contributed by atoms with Gasteiger partial charge in [0.2, 0.25) is 5.91 Å². The van der Waals surface area contributed by atoms with Crippen LogP contribution in [0.1, 0.15) is 59.8 Å². The second kappa shape index (κ2) is 10.7. The summed E-state index contributed by atoms with van der Waals surface area (Å²) in [7, 11) is 0. The summed E-state index contributed by atoms with van der Waals surface area (Å²) in [5.41, 5.74) is 0. The first-order valence-corrected chi connectivity index (χ1v) is 7.65. The number of unbranched alkanes of at least 4 members (excludes halogenated alkanes) is 2. The third kappa shape index (κ3) is 8.15. The molecule has 20 heavy (non-hydrogen) atoms. The number of carboxylic acids is 1. The van der Waals surface area contributed by atoms with Gasteiger partial charge in [0.05, 0.1) is 6.04 Å². The summed E-state index contributed by atoms with van der Waals surface area (Å²) >= 11 is 0. The Morgan fingerprint density at radius 3 is 2.30 bits per heavy atom. The van der Waals surface area contributed by atoms with E-state index >= 15 is 0 Å². The number of aliphatic carboxylic acids is 1.